The number of halogens is 1. The number of aryl methyl sites for hydroxylation is 1. The highest BCUT2D eigenvalue weighted by Crippen LogP contribution is 2.34. The summed E-state index contributed by atoms with van der Waals surface area (Å²) in [5.74, 6) is -0.123. The van der Waals surface area contributed by atoms with Crippen molar-refractivity contribution in [2.75, 3.05) is 5.32 Å². The zero-order valence-electron chi connectivity index (χ0n) is 10.7. The number of nitrogens with zero attached hydrogens (tertiary/aromatic N) is 1. The summed E-state index contributed by atoms with van der Waals surface area (Å²) in [6, 6.07) is 8.62. The number of anilines is 1. The van der Waals surface area contributed by atoms with Crippen molar-refractivity contribution in [1.82, 2.24) is 4.57 Å². The summed E-state index contributed by atoms with van der Waals surface area (Å²) in [6.45, 7) is 0. The lowest BCUT2D eigenvalue weighted by molar-refractivity contribution is 0.612. The topological polar surface area (TPSA) is 34.0 Å². The van der Waals surface area contributed by atoms with Crippen molar-refractivity contribution in [3.63, 3.8) is 0 Å². The molecule has 1 unspecified atom stereocenters. The molecule has 2 aromatic rings. The molecule has 1 N–H and O–H groups in total. The number of benzene rings is 1. The summed E-state index contributed by atoms with van der Waals surface area (Å²) in [5, 5.41) is 3.37. The average molecular weight is 258 g/mol. The molecular weight excluding hydrogens is 243 g/mol. The minimum absolute atomic E-state index is 0.0385. The maximum absolute atomic E-state index is 13.6. The molecule has 1 aliphatic rings. The molecule has 0 amide bonds. The van der Waals surface area contributed by atoms with E-state index in [0.717, 1.165) is 29.7 Å². The third-order valence-electron chi connectivity index (χ3n) is 3.64. The van der Waals surface area contributed by atoms with Gasteiger partial charge < -0.3 is 9.88 Å². The van der Waals surface area contributed by atoms with E-state index in [4.69, 9.17) is 0 Å². The third-order valence-corrected chi connectivity index (χ3v) is 3.64. The van der Waals surface area contributed by atoms with Gasteiger partial charge in [-0.25, -0.2) is 4.39 Å². The van der Waals surface area contributed by atoms with E-state index in [1.54, 1.807) is 25.4 Å². The Morgan fingerprint density at radius 3 is 2.95 bits per heavy atom. The van der Waals surface area contributed by atoms with Gasteiger partial charge in [0.1, 0.15) is 5.82 Å². The molecular formula is C15H15FN2O. The molecule has 0 spiro atoms. The van der Waals surface area contributed by atoms with Crippen molar-refractivity contribution >= 4 is 5.69 Å². The molecule has 1 aromatic heterocycles. The summed E-state index contributed by atoms with van der Waals surface area (Å²) in [4.78, 5) is 11.3. The fraction of sp³-hybridized carbons (Fsp3) is 0.267. The van der Waals surface area contributed by atoms with E-state index in [2.05, 4.69) is 5.32 Å². The predicted molar refractivity (Wildman–Crippen MR) is 72.8 cm³/mol. The second-order valence-electron chi connectivity index (χ2n) is 4.91. The molecule has 0 saturated heterocycles. The summed E-state index contributed by atoms with van der Waals surface area (Å²) in [7, 11) is 1.72. The monoisotopic (exact) mass is 258 g/mol. The second-order valence-corrected chi connectivity index (χ2v) is 4.91. The van der Waals surface area contributed by atoms with E-state index in [-0.39, 0.29) is 17.4 Å². The van der Waals surface area contributed by atoms with Crippen LogP contribution in [0.5, 0.6) is 0 Å². The summed E-state index contributed by atoms with van der Waals surface area (Å²) in [6.07, 6.45) is 3.39. The van der Waals surface area contributed by atoms with Gasteiger partial charge in [-0.1, -0.05) is 12.1 Å². The largest absolute Gasteiger partial charge is 0.377 e. The Hall–Kier alpha value is -2.10. The van der Waals surface area contributed by atoms with E-state index in [1.165, 1.54) is 16.7 Å². The first-order valence-electron chi connectivity index (χ1n) is 6.35. The van der Waals surface area contributed by atoms with Gasteiger partial charge in [0.2, 0.25) is 5.56 Å². The Bertz CT molecular complexity index is 678. The molecule has 0 fully saturated rings. The lowest BCUT2D eigenvalue weighted by Gasteiger charge is -2.16. The van der Waals surface area contributed by atoms with Crippen LogP contribution in [-0.4, -0.2) is 4.57 Å². The van der Waals surface area contributed by atoms with Crippen LogP contribution in [0.3, 0.4) is 0 Å². The van der Waals surface area contributed by atoms with E-state index in [0.29, 0.717) is 0 Å². The minimum Gasteiger partial charge on any atom is -0.377 e. The summed E-state index contributed by atoms with van der Waals surface area (Å²) >= 11 is 0. The molecule has 1 aromatic carbocycles. The Labute approximate surface area is 110 Å². The number of nitrogens with one attached hydrogen (secondary N) is 1. The number of rotatable bonds is 2. The highest BCUT2D eigenvalue weighted by molar-refractivity contribution is 5.47. The SMILES string of the molecule is Cn1cc(NC2CCc3c(F)cccc32)ccc1=O. The molecule has 1 heterocycles. The zero-order chi connectivity index (χ0) is 13.4. The molecule has 1 aliphatic carbocycles. The minimum atomic E-state index is -0.123. The molecule has 0 saturated carbocycles. The van der Waals surface area contributed by atoms with Crippen LogP contribution in [0.25, 0.3) is 0 Å². The highest BCUT2D eigenvalue weighted by Gasteiger charge is 2.24. The predicted octanol–water partition coefficient (Wildman–Crippen LogP) is 2.62. The smallest absolute Gasteiger partial charge is 0.250 e. The van der Waals surface area contributed by atoms with Crippen LogP contribution in [-0.2, 0) is 13.5 Å². The molecule has 98 valence electrons. The maximum Gasteiger partial charge on any atom is 0.250 e. The highest BCUT2D eigenvalue weighted by atomic mass is 19.1. The molecule has 4 heteroatoms. The fourth-order valence-electron chi connectivity index (χ4n) is 2.64. The van der Waals surface area contributed by atoms with Crippen LogP contribution in [0.4, 0.5) is 10.1 Å². The van der Waals surface area contributed by atoms with Gasteiger partial charge in [0.05, 0.1) is 11.7 Å². The van der Waals surface area contributed by atoms with Gasteiger partial charge in [-0.05, 0) is 36.1 Å². The molecule has 1 atom stereocenters. The Morgan fingerprint density at radius 1 is 1.32 bits per heavy atom. The van der Waals surface area contributed by atoms with Gasteiger partial charge in [0.25, 0.3) is 0 Å². The Morgan fingerprint density at radius 2 is 2.16 bits per heavy atom. The van der Waals surface area contributed by atoms with Crippen molar-refractivity contribution in [1.29, 1.82) is 0 Å². The van der Waals surface area contributed by atoms with Crippen molar-refractivity contribution < 1.29 is 4.39 Å². The third kappa shape index (κ3) is 2.14. The molecule has 0 bridgehead atoms. The number of aromatic nitrogens is 1. The van der Waals surface area contributed by atoms with Gasteiger partial charge in [0, 0.05) is 19.3 Å². The van der Waals surface area contributed by atoms with Crippen molar-refractivity contribution in [3.05, 3.63) is 63.8 Å². The van der Waals surface area contributed by atoms with E-state index >= 15 is 0 Å². The first-order chi connectivity index (χ1) is 9.15. The summed E-state index contributed by atoms with van der Waals surface area (Å²) in [5.41, 5.74) is 2.67. The first-order valence-corrected chi connectivity index (χ1v) is 6.35. The Balaban J connectivity index is 1.88. The van der Waals surface area contributed by atoms with Gasteiger partial charge in [-0.3, -0.25) is 4.79 Å². The molecule has 0 aliphatic heterocycles. The van der Waals surface area contributed by atoms with Crippen LogP contribution < -0.4 is 10.9 Å². The quantitative estimate of drug-likeness (QED) is 0.898. The van der Waals surface area contributed by atoms with Crippen molar-refractivity contribution in [2.24, 2.45) is 7.05 Å². The second kappa shape index (κ2) is 4.53. The van der Waals surface area contributed by atoms with Crippen LogP contribution >= 0.6 is 0 Å². The van der Waals surface area contributed by atoms with Crippen molar-refractivity contribution in [2.45, 2.75) is 18.9 Å². The van der Waals surface area contributed by atoms with E-state index in [9.17, 15) is 9.18 Å². The number of hydrogen-bond donors (Lipinski definition) is 1. The van der Waals surface area contributed by atoms with Gasteiger partial charge >= 0.3 is 0 Å². The summed E-state index contributed by atoms with van der Waals surface area (Å²) < 4.78 is 15.2. The zero-order valence-corrected chi connectivity index (χ0v) is 10.7. The van der Waals surface area contributed by atoms with Crippen molar-refractivity contribution in [3.8, 4) is 0 Å². The molecule has 3 nitrogen and oxygen atoms in total. The standard InChI is InChI=1S/C15H15FN2O/c1-18-9-10(5-8-15(18)19)17-14-7-6-11-12(14)3-2-4-13(11)16/h2-5,8-9,14,17H,6-7H2,1H3. The fourth-order valence-corrected chi connectivity index (χ4v) is 2.64. The number of pyridine rings is 1. The maximum atomic E-state index is 13.6. The Kier molecular flexibility index (Phi) is 2.85. The molecule has 3 rings (SSSR count). The lowest BCUT2D eigenvalue weighted by Crippen LogP contribution is -2.16. The number of fused-ring (bicyclic) bond motifs is 1. The van der Waals surface area contributed by atoms with E-state index < -0.39 is 0 Å². The van der Waals surface area contributed by atoms with Gasteiger partial charge in [-0.2, -0.15) is 0 Å². The number of hydrogen-bond acceptors (Lipinski definition) is 2. The normalized spacial score (nSPS) is 17.3. The van der Waals surface area contributed by atoms with Crippen LogP contribution in [0.1, 0.15) is 23.6 Å². The van der Waals surface area contributed by atoms with Gasteiger partial charge in [0.15, 0.2) is 0 Å². The van der Waals surface area contributed by atoms with E-state index in [1.807, 2.05) is 6.07 Å². The average Bonchev–Trinajstić information content (AvgIpc) is 2.79. The van der Waals surface area contributed by atoms with Gasteiger partial charge in [-0.15, -0.1) is 0 Å². The lowest BCUT2D eigenvalue weighted by atomic mass is 10.1. The molecule has 0 radical (unpaired) electrons. The van der Waals surface area contributed by atoms with Crippen LogP contribution in [0.2, 0.25) is 0 Å². The molecule has 19 heavy (non-hydrogen) atoms. The van der Waals surface area contributed by atoms with Crippen LogP contribution in [0.15, 0.2) is 41.3 Å². The van der Waals surface area contributed by atoms with Crippen LogP contribution in [0, 0.1) is 5.82 Å². The first kappa shape index (κ1) is 12.0.